The van der Waals surface area contributed by atoms with Gasteiger partial charge in [-0.1, -0.05) is 163 Å². The van der Waals surface area contributed by atoms with Gasteiger partial charge in [0, 0.05) is 12.5 Å². The van der Waals surface area contributed by atoms with Crippen molar-refractivity contribution in [1.82, 2.24) is 0 Å². The Balaban J connectivity index is 1.99. The van der Waals surface area contributed by atoms with Gasteiger partial charge in [-0.2, -0.15) is 0 Å². The molecule has 5 aromatic rings. The number of hydrogen-bond acceptors (Lipinski definition) is 0. The third-order valence-electron chi connectivity index (χ3n) is 5.90. The highest BCUT2D eigenvalue weighted by atomic mass is 31.2. The molecular formula is C33H25P. The van der Waals surface area contributed by atoms with Crippen molar-refractivity contribution in [1.29, 1.82) is 0 Å². The topological polar surface area (TPSA) is 0 Å². The summed E-state index contributed by atoms with van der Waals surface area (Å²) in [4.78, 5) is 0. The van der Waals surface area contributed by atoms with E-state index in [4.69, 9.17) is 0 Å². The first-order chi connectivity index (χ1) is 16.9. The Morgan fingerprint density at radius 3 is 1.00 bits per heavy atom. The largest absolute Gasteiger partial charge is 0.0624 e. The Hall–Kier alpha value is -4.04. The van der Waals surface area contributed by atoms with Crippen molar-refractivity contribution in [3.8, 4) is 0 Å². The van der Waals surface area contributed by atoms with Gasteiger partial charge in [0.1, 0.15) is 0 Å². The summed E-state index contributed by atoms with van der Waals surface area (Å²) in [6.45, 7) is -2.23. The van der Waals surface area contributed by atoms with Gasteiger partial charge in [-0.3, -0.25) is 0 Å². The lowest BCUT2D eigenvalue weighted by Crippen LogP contribution is -2.25. The first-order valence-electron chi connectivity index (χ1n) is 11.4. The molecule has 0 aromatic heterocycles. The van der Waals surface area contributed by atoms with Crippen LogP contribution in [0.5, 0.6) is 0 Å². The summed E-state index contributed by atoms with van der Waals surface area (Å²) in [5, 5.41) is 3.79. The molecule has 0 aliphatic rings. The fourth-order valence-electron chi connectivity index (χ4n) is 4.26. The lowest BCUT2D eigenvalue weighted by Gasteiger charge is -2.25. The smallest absolute Gasteiger partial charge is 0.0393 e. The maximum atomic E-state index is 3.90. The minimum absolute atomic E-state index is 1.05. The molecule has 0 bridgehead atoms. The van der Waals surface area contributed by atoms with E-state index in [2.05, 4.69) is 163 Å². The Labute approximate surface area is 202 Å². The highest BCUT2D eigenvalue weighted by molar-refractivity contribution is 7.94. The van der Waals surface area contributed by atoms with Crippen LogP contribution in [0.3, 0.4) is 0 Å². The Kier molecular flexibility index (Phi) is 6.58. The quantitative estimate of drug-likeness (QED) is 0.206. The molecule has 0 aliphatic carbocycles. The summed E-state index contributed by atoms with van der Waals surface area (Å²) in [5.41, 5.74) is 10.9. The van der Waals surface area contributed by atoms with Crippen LogP contribution < -0.4 is 15.9 Å². The second kappa shape index (κ2) is 10.3. The molecular weight excluding hydrogens is 427 g/mol. The van der Waals surface area contributed by atoms with Gasteiger partial charge in [-0.05, 0) is 27.0 Å². The second-order valence-corrected chi connectivity index (χ2v) is 11.1. The van der Waals surface area contributed by atoms with Crippen LogP contribution in [0, 0.1) is 0 Å². The molecule has 0 aliphatic heterocycles. The molecule has 5 aromatic carbocycles. The third kappa shape index (κ3) is 4.40. The van der Waals surface area contributed by atoms with E-state index >= 15 is 0 Å². The minimum Gasteiger partial charge on any atom is -0.0624 e. The van der Waals surface area contributed by atoms with Crippen LogP contribution in [0.4, 0.5) is 0 Å². The molecule has 0 amide bonds. The first-order valence-corrected chi connectivity index (χ1v) is 13.2. The standard InChI is InChI=1S/C33H25P/c1-6-16-28(17-7-1)33(29-18-8-2-9-19-29)26-27-34(30-20-10-3-11-21-30,31-22-12-4-13-23-31)32-24-14-5-15-25-32/h1-25H. The zero-order chi connectivity index (χ0) is 23.1. The van der Waals surface area contributed by atoms with E-state index in [0.717, 1.165) is 16.7 Å². The summed E-state index contributed by atoms with van der Waals surface area (Å²) in [5.74, 6) is 0. The molecule has 0 N–H and O–H groups in total. The van der Waals surface area contributed by atoms with Crippen molar-refractivity contribution < 1.29 is 0 Å². The average Bonchev–Trinajstić information content (AvgIpc) is 2.94. The van der Waals surface area contributed by atoms with Crippen LogP contribution in [-0.4, -0.2) is 5.45 Å². The highest BCUT2D eigenvalue weighted by Crippen LogP contribution is 2.42. The van der Waals surface area contributed by atoms with Crippen molar-refractivity contribution in [2.45, 2.75) is 0 Å². The van der Waals surface area contributed by atoms with Gasteiger partial charge in [-0.25, -0.2) is 0 Å². The van der Waals surface area contributed by atoms with Crippen molar-refractivity contribution >= 4 is 33.8 Å². The van der Waals surface area contributed by atoms with Crippen LogP contribution in [0.15, 0.2) is 157 Å². The van der Waals surface area contributed by atoms with E-state index in [1.54, 1.807) is 0 Å². The minimum atomic E-state index is -2.23. The lowest BCUT2D eigenvalue weighted by molar-refractivity contribution is 1.56. The van der Waals surface area contributed by atoms with E-state index in [0.29, 0.717) is 0 Å². The van der Waals surface area contributed by atoms with Crippen molar-refractivity contribution in [3.05, 3.63) is 169 Å². The summed E-state index contributed by atoms with van der Waals surface area (Å²) in [6, 6.07) is 53.3. The molecule has 162 valence electrons. The molecule has 0 unspecified atom stereocenters. The maximum absolute atomic E-state index is 3.90. The fourth-order valence-corrected chi connectivity index (χ4v) is 7.68. The normalized spacial score (nSPS) is 10.7. The van der Waals surface area contributed by atoms with E-state index < -0.39 is 6.89 Å². The van der Waals surface area contributed by atoms with Crippen molar-refractivity contribution in [2.75, 3.05) is 0 Å². The number of rotatable bonds is 5. The summed E-state index contributed by atoms with van der Waals surface area (Å²) >= 11 is 0. The highest BCUT2D eigenvalue weighted by Gasteiger charge is 2.24. The fraction of sp³-hybridized carbons (Fsp3) is 0. The van der Waals surface area contributed by atoms with Crippen LogP contribution in [0.2, 0.25) is 0 Å². The third-order valence-corrected chi connectivity index (χ3v) is 9.57. The predicted molar refractivity (Wildman–Crippen MR) is 149 cm³/mol. The average molecular weight is 453 g/mol. The van der Waals surface area contributed by atoms with E-state index in [1.165, 1.54) is 15.9 Å². The van der Waals surface area contributed by atoms with Gasteiger partial charge in [0.2, 0.25) is 0 Å². The van der Waals surface area contributed by atoms with E-state index in [1.807, 2.05) is 0 Å². The predicted octanol–water partition coefficient (Wildman–Crippen LogP) is 6.67. The van der Waals surface area contributed by atoms with Crippen LogP contribution in [0.1, 0.15) is 11.1 Å². The summed E-state index contributed by atoms with van der Waals surface area (Å²) < 4.78 is 0. The van der Waals surface area contributed by atoms with Gasteiger partial charge in [-0.15, -0.1) is 0 Å². The molecule has 0 atom stereocenters. The molecule has 0 saturated carbocycles. The Bertz CT molecular complexity index is 1330. The van der Waals surface area contributed by atoms with Gasteiger partial charge in [0.05, 0.1) is 0 Å². The van der Waals surface area contributed by atoms with Crippen molar-refractivity contribution in [2.24, 2.45) is 0 Å². The van der Waals surface area contributed by atoms with Gasteiger partial charge in [0.15, 0.2) is 0 Å². The summed E-state index contributed by atoms with van der Waals surface area (Å²) in [6.07, 6.45) is 0. The van der Waals surface area contributed by atoms with Gasteiger partial charge < -0.3 is 0 Å². The first kappa shape index (κ1) is 21.8. The molecule has 0 radical (unpaired) electrons. The van der Waals surface area contributed by atoms with Crippen molar-refractivity contribution in [3.63, 3.8) is 0 Å². The number of hydrogen-bond donors (Lipinski definition) is 0. The van der Waals surface area contributed by atoms with Crippen LogP contribution in [-0.2, 0) is 0 Å². The van der Waals surface area contributed by atoms with Gasteiger partial charge in [0.25, 0.3) is 0 Å². The van der Waals surface area contributed by atoms with Gasteiger partial charge >= 0.3 is 0 Å². The zero-order valence-electron chi connectivity index (χ0n) is 18.9. The molecule has 0 spiro atoms. The molecule has 5 rings (SSSR count). The maximum Gasteiger partial charge on any atom is 0.0393 e. The number of benzene rings is 5. The molecule has 1 heteroatoms. The lowest BCUT2D eigenvalue weighted by atomic mass is 9.99. The van der Waals surface area contributed by atoms with E-state index in [9.17, 15) is 0 Å². The van der Waals surface area contributed by atoms with Crippen LogP contribution in [0.25, 0.3) is 5.57 Å². The Morgan fingerprint density at radius 2 is 0.676 bits per heavy atom. The molecule has 34 heavy (non-hydrogen) atoms. The molecule has 0 heterocycles. The monoisotopic (exact) mass is 452 g/mol. The zero-order valence-corrected chi connectivity index (χ0v) is 19.8. The SMILES string of the molecule is C(=C=P(c1ccccc1)(c1ccccc1)c1ccccc1)=C(c1ccccc1)c1ccccc1. The second-order valence-electron chi connectivity index (χ2n) is 8.02. The van der Waals surface area contributed by atoms with Crippen LogP contribution >= 0.6 is 6.89 Å². The van der Waals surface area contributed by atoms with E-state index in [-0.39, 0.29) is 0 Å². The molecule has 0 saturated heterocycles. The molecule has 0 fully saturated rings. The summed E-state index contributed by atoms with van der Waals surface area (Å²) in [7, 11) is 0. The molecule has 0 nitrogen and oxygen atoms in total. The Morgan fingerprint density at radius 1 is 0.382 bits per heavy atom.